The maximum atomic E-state index is 12.0. The molecule has 0 bridgehead atoms. The van der Waals surface area contributed by atoms with Crippen LogP contribution in [0, 0.1) is 18.3 Å². The van der Waals surface area contributed by atoms with Crippen molar-refractivity contribution in [3.8, 4) is 6.07 Å². The summed E-state index contributed by atoms with van der Waals surface area (Å²) in [4.78, 5) is 11.6. The lowest BCUT2D eigenvalue weighted by Gasteiger charge is -2.14. The molecule has 0 aliphatic heterocycles. The van der Waals surface area contributed by atoms with Gasteiger partial charge in [-0.3, -0.25) is 4.79 Å². The molecule has 108 valence electrons. The number of benzene rings is 1. The minimum absolute atomic E-state index is 0.0658. The summed E-state index contributed by atoms with van der Waals surface area (Å²) in [6, 6.07) is 6.89. The van der Waals surface area contributed by atoms with Gasteiger partial charge in [-0.05, 0) is 32.9 Å². The molecule has 0 aliphatic rings. The SMILES string of the molecule is Cc1ccc(S(=O)(=O)N[C@@H](C)C(=O)O[C@H](C)C#N)cc1. The molecule has 0 fully saturated rings. The first-order chi connectivity index (χ1) is 9.26. The van der Waals surface area contributed by atoms with Crippen molar-refractivity contribution in [1.82, 2.24) is 4.72 Å². The van der Waals surface area contributed by atoms with E-state index < -0.39 is 28.1 Å². The highest BCUT2D eigenvalue weighted by atomic mass is 32.2. The monoisotopic (exact) mass is 296 g/mol. The summed E-state index contributed by atoms with van der Waals surface area (Å²) in [5.74, 6) is -0.797. The number of nitrogens with zero attached hydrogens (tertiary/aromatic N) is 1. The Morgan fingerprint density at radius 1 is 1.30 bits per heavy atom. The quantitative estimate of drug-likeness (QED) is 0.821. The molecule has 0 aliphatic carbocycles. The van der Waals surface area contributed by atoms with E-state index in [1.807, 2.05) is 6.92 Å². The van der Waals surface area contributed by atoms with E-state index in [1.165, 1.54) is 26.0 Å². The Morgan fingerprint density at radius 3 is 2.35 bits per heavy atom. The Labute approximate surface area is 118 Å². The fourth-order valence-corrected chi connectivity index (χ4v) is 2.56. The number of aryl methyl sites for hydroxylation is 1. The first-order valence-corrected chi connectivity index (χ1v) is 7.43. The van der Waals surface area contributed by atoms with Gasteiger partial charge in [0.1, 0.15) is 12.1 Å². The van der Waals surface area contributed by atoms with Gasteiger partial charge in [0.05, 0.1) is 4.90 Å². The van der Waals surface area contributed by atoms with Crippen molar-refractivity contribution in [2.45, 2.75) is 37.8 Å². The second-order valence-corrected chi connectivity index (χ2v) is 6.08. The number of carbonyl (C=O) groups excluding carboxylic acids is 1. The average molecular weight is 296 g/mol. The zero-order chi connectivity index (χ0) is 15.3. The van der Waals surface area contributed by atoms with E-state index in [-0.39, 0.29) is 4.90 Å². The Balaban J connectivity index is 2.79. The highest BCUT2D eigenvalue weighted by Crippen LogP contribution is 2.10. The largest absolute Gasteiger partial charge is 0.446 e. The molecule has 0 aromatic heterocycles. The van der Waals surface area contributed by atoms with Gasteiger partial charge >= 0.3 is 5.97 Å². The second-order valence-electron chi connectivity index (χ2n) is 4.36. The average Bonchev–Trinajstić information content (AvgIpc) is 2.38. The van der Waals surface area contributed by atoms with Crippen LogP contribution in [0.5, 0.6) is 0 Å². The van der Waals surface area contributed by atoms with Crippen molar-refractivity contribution >= 4 is 16.0 Å². The number of ether oxygens (including phenoxy) is 1. The molecular weight excluding hydrogens is 280 g/mol. The van der Waals surface area contributed by atoms with Gasteiger partial charge in [-0.15, -0.1) is 0 Å². The summed E-state index contributed by atoms with van der Waals surface area (Å²) in [5.41, 5.74) is 0.930. The first-order valence-electron chi connectivity index (χ1n) is 5.95. The number of nitrogens with one attached hydrogen (secondary N) is 1. The number of nitriles is 1. The van der Waals surface area contributed by atoms with Crippen molar-refractivity contribution in [2.24, 2.45) is 0 Å². The maximum absolute atomic E-state index is 12.0. The van der Waals surface area contributed by atoms with Crippen LogP contribution in [-0.2, 0) is 19.6 Å². The van der Waals surface area contributed by atoms with E-state index >= 15 is 0 Å². The van der Waals surface area contributed by atoms with Crippen LogP contribution in [-0.4, -0.2) is 26.5 Å². The van der Waals surface area contributed by atoms with Crippen molar-refractivity contribution in [2.75, 3.05) is 0 Å². The van der Waals surface area contributed by atoms with Gasteiger partial charge in [0.2, 0.25) is 10.0 Å². The standard InChI is InChI=1S/C13H16N2O4S/c1-9-4-6-12(7-5-9)20(17,18)15-11(3)13(16)19-10(2)8-14/h4-7,10-11,15H,1-3H3/t10-,11+/m1/s1. The molecule has 0 spiro atoms. The number of hydrogen-bond acceptors (Lipinski definition) is 5. The van der Waals surface area contributed by atoms with E-state index in [2.05, 4.69) is 4.72 Å². The van der Waals surface area contributed by atoms with Crippen molar-refractivity contribution < 1.29 is 17.9 Å². The number of rotatable bonds is 5. The fraction of sp³-hybridized carbons (Fsp3) is 0.385. The Kier molecular flexibility index (Phi) is 5.25. The minimum Gasteiger partial charge on any atom is -0.446 e. The maximum Gasteiger partial charge on any atom is 0.325 e. The molecule has 1 aromatic carbocycles. The summed E-state index contributed by atoms with van der Waals surface area (Å²) >= 11 is 0. The summed E-state index contributed by atoms with van der Waals surface area (Å²) in [7, 11) is -3.80. The van der Waals surface area contributed by atoms with Crippen LogP contribution in [0.25, 0.3) is 0 Å². The van der Waals surface area contributed by atoms with Gasteiger partial charge in [0, 0.05) is 0 Å². The molecule has 0 saturated heterocycles. The smallest absolute Gasteiger partial charge is 0.325 e. The predicted molar refractivity (Wildman–Crippen MR) is 72.1 cm³/mol. The molecule has 0 radical (unpaired) electrons. The highest BCUT2D eigenvalue weighted by Gasteiger charge is 2.24. The van der Waals surface area contributed by atoms with E-state index in [1.54, 1.807) is 18.2 Å². The van der Waals surface area contributed by atoms with Gasteiger partial charge < -0.3 is 4.74 Å². The number of sulfonamides is 1. The lowest BCUT2D eigenvalue weighted by Crippen LogP contribution is -2.40. The van der Waals surface area contributed by atoms with Crippen molar-refractivity contribution in [3.63, 3.8) is 0 Å². The first kappa shape index (κ1) is 16.1. The topological polar surface area (TPSA) is 96.3 Å². The Morgan fingerprint density at radius 2 is 1.85 bits per heavy atom. The number of hydrogen-bond donors (Lipinski definition) is 1. The molecule has 2 atom stereocenters. The normalized spacial score (nSPS) is 14.1. The van der Waals surface area contributed by atoms with Crippen LogP contribution >= 0.6 is 0 Å². The molecule has 1 rings (SSSR count). The van der Waals surface area contributed by atoms with E-state index in [4.69, 9.17) is 10.00 Å². The summed E-state index contributed by atoms with van der Waals surface area (Å²) in [6.07, 6.45) is -0.922. The van der Waals surface area contributed by atoms with Crippen molar-refractivity contribution in [3.05, 3.63) is 29.8 Å². The Bertz CT molecular complexity index is 617. The third kappa shape index (κ3) is 4.33. The van der Waals surface area contributed by atoms with Crippen LogP contribution in [0.3, 0.4) is 0 Å². The number of carbonyl (C=O) groups is 1. The van der Waals surface area contributed by atoms with Crippen LogP contribution in [0.2, 0.25) is 0 Å². The summed E-state index contributed by atoms with van der Waals surface area (Å²) in [5, 5.41) is 8.54. The van der Waals surface area contributed by atoms with Crippen LogP contribution in [0.4, 0.5) is 0 Å². The molecule has 20 heavy (non-hydrogen) atoms. The molecule has 0 saturated carbocycles. The molecule has 7 heteroatoms. The molecule has 0 amide bonds. The predicted octanol–water partition coefficient (Wildman–Crippen LogP) is 1.12. The Hall–Kier alpha value is -1.91. The molecule has 1 aromatic rings. The molecular formula is C13H16N2O4S. The summed E-state index contributed by atoms with van der Waals surface area (Å²) in [6.45, 7) is 4.60. The minimum atomic E-state index is -3.80. The van der Waals surface area contributed by atoms with Crippen LogP contribution < -0.4 is 4.72 Å². The third-order valence-corrected chi connectivity index (χ3v) is 4.05. The highest BCUT2D eigenvalue weighted by molar-refractivity contribution is 7.89. The van der Waals surface area contributed by atoms with Crippen LogP contribution in [0.15, 0.2) is 29.2 Å². The van der Waals surface area contributed by atoms with Gasteiger partial charge in [-0.2, -0.15) is 9.98 Å². The third-order valence-electron chi connectivity index (χ3n) is 2.49. The van der Waals surface area contributed by atoms with Gasteiger partial charge in [0.25, 0.3) is 0 Å². The molecule has 1 N–H and O–H groups in total. The molecule has 6 nitrogen and oxygen atoms in total. The molecule has 0 unspecified atom stereocenters. The fourth-order valence-electron chi connectivity index (χ4n) is 1.37. The zero-order valence-electron chi connectivity index (χ0n) is 11.5. The van der Waals surface area contributed by atoms with Crippen LogP contribution in [0.1, 0.15) is 19.4 Å². The zero-order valence-corrected chi connectivity index (χ0v) is 12.3. The van der Waals surface area contributed by atoms with Gasteiger partial charge in [0.15, 0.2) is 6.10 Å². The summed E-state index contributed by atoms with van der Waals surface area (Å²) < 4.78 is 31.0. The van der Waals surface area contributed by atoms with E-state index in [0.717, 1.165) is 5.56 Å². The van der Waals surface area contributed by atoms with Gasteiger partial charge in [-0.1, -0.05) is 17.7 Å². The van der Waals surface area contributed by atoms with Gasteiger partial charge in [-0.25, -0.2) is 8.42 Å². The van der Waals surface area contributed by atoms with E-state index in [9.17, 15) is 13.2 Å². The second kappa shape index (κ2) is 6.50. The van der Waals surface area contributed by atoms with Crippen molar-refractivity contribution in [1.29, 1.82) is 5.26 Å². The van der Waals surface area contributed by atoms with E-state index in [0.29, 0.717) is 0 Å². The number of esters is 1. The lowest BCUT2D eigenvalue weighted by atomic mass is 10.2. The molecule has 0 heterocycles. The lowest BCUT2D eigenvalue weighted by molar-refractivity contribution is -0.147.